The largest absolute Gasteiger partial charge is 0.0683 e. The number of benzene rings is 2. The van der Waals surface area contributed by atoms with Crippen LogP contribution in [-0.2, 0) is 6.42 Å². The average molecular weight is 270 g/mol. The Kier molecular flexibility index (Phi) is 9.45. The molecule has 0 nitrogen and oxygen atoms in total. The Morgan fingerprint density at radius 2 is 1.20 bits per heavy atom. The summed E-state index contributed by atoms with van der Waals surface area (Å²) in [6.45, 7) is 14.2. The molecule has 0 amide bonds. The van der Waals surface area contributed by atoms with E-state index in [4.69, 9.17) is 0 Å². The summed E-state index contributed by atoms with van der Waals surface area (Å²) in [5.74, 6) is 0. The molecule has 1 aliphatic carbocycles. The van der Waals surface area contributed by atoms with E-state index in [1.165, 1.54) is 27.8 Å². The van der Waals surface area contributed by atoms with E-state index in [-0.39, 0.29) is 0 Å². The molecular weight excluding hydrogens is 240 g/mol. The molecule has 1 aliphatic rings. The molecule has 0 atom stereocenters. The van der Waals surface area contributed by atoms with E-state index in [0.717, 1.165) is 6.42 Å². The van der Waals surface area contributed by atoms with Gasteiger partial charge in [0.1, 0.15) is 0 Å². The van der Waals surface area contributed by atoms with Gasteiger partial charge in [-0.1, -0.05) is 89.6 Å². The van der Waals surface area contributed by atoms with Crippen molar-refractivity contribution in [3.8, 4) is 11.1 Å². The van der Waals surface area contributed by atoms with Gasteiger partial charge >= 0.3 is 0 Å². The van der Waals surface area contributed by atoms with Crippen molar-refractivity contribution >= 4 is 0 Å². The zero-order chi connectivity index (χ0) is 15.5. The van der Waals surface area contributed by atoms with Gasteiger partial charge in [-0.3, -0.25) is 0 Å². The molecule has 0 aliphatic heterocycles. The highest BCUT2D eigenvalue weighted by molar-refractivity contribution is 5.76. The lowest BCUT2D eigenvalue weighted by Gasteiger charge is -2.00. The van der Waals surface area contributed by atoms with Crippen molar-refractivity contribution in [3.63, 3.8) is 0 Å². The molecule has 3 rings (SSSR count). The minimum atomic E-state index is 1.10. The summed E-state index contributed by atoms with van der Waals surface area (Å²) in [7, 11) is 0. The highest BCUT2D eigenvalue weighted by Gasteiger charge is 2.16. The maximum absolute atomic E-state index is 2.30. The Morgan fingerprint density at radius 1 is 0.650 bits per heavy atom. The predicted molar refractivity (Wildman–Crippen MR) is 93.5 cm³/mol. The van der Waals surface area contributed by atoms with E-state index in [1.54, 1.807) is 0 Å². The lowest BCUT2D eigenvalue weighted by molar-refractivity contribution is 1.25. The number of hydrogen-bond donors (Lipinski definition) is 0. The van der Waals surface area contributed by atoms with Crippen LogP contribution in [0.1, 0.15) is 58.2 Å². The second-order valence-electron chi connectivity index (χ2n) is 3.99. The summed E-state index contributed by atoms with van der Waals surface area (Å²) in [6.07, 6.45) is 1.10. The van der Waals surface area contributed by atoms with Crippen LogP contribution >= 0.6 is 0 Å². The van der Waals surface area contributed by atoms with E-state index in [0.29, 0.717) is 0 Å². The maximum atomic E-state index is 2.30. The van der Waals surface area contributed by atoms with Gasteiger partial charge in [0.05, 0.1) is 0 Å². The van der Waals surface area contributed by atoms with Crippen LogP contribution in [0.5, 0.6) is 0 Å². The van der Waals surface area contributed by atoms with Crippen molar-refractivity contribution in [2.75, 3.05) is 0 Å². The topological polar surface area (TPSA) is 0 Å². The van der Waals surface area contributed by atoms with Gasteiger partial charge in [0.2, 0.25) is 0 Å². The van der Waals surface area contributed by atoms with Gasteiger partial charge < -0.3 is 0 Å². The van der Waals surface area contributed by atoms with Crippen LogP contribution in [0, 0.1) is 6.92 Å². The fourth-order valence-electron chi connectivity index (χ4n) is 2.27. The number of aryl methyl sites for hydroxylation is 1. The lowest BCUT2D eigenvalue weighted by Crippen LogP contribution is -1.80. The molecule has 20 heavy (non-hydrogen) atoms. The molecule has 0 unspecified atom stereocenters. The third-order valence-corrected chi connectivity index (χ3v) is 2.95. The highest BCUT2D eigenvalue weighted by Crippen LogP contribution is 2.36. The third kappa shape index (κ3) is 4.23. The lowest BCUT2D eigenvalue weighted by atomic mass is 10.0. The van der Waals surface area contributed by atoms with Crippen LogP contribution in [-0.4, -0.2) is 0 Å². The molecule has 0 saturated heterocycles. The van der Waals surface area contributed by atoms with Gasteiger partial charge in [0.15, 0.2) is 0 Å². The average Bonchev–Trinajstić information content (AvgIpc) is 2.90. The van der Waals surface area contributed by atoms with E-state index in [9.17, 15) is 0 Å². The van der Waals surface area contributed by atoms with Crippen LogP contribution < -0.4 is 0 Å². The van der Waals surface area contributed by atoms with E-state index >= 15 is 0 Å². The summed E-state index contributed by atoms with van der Waals surface area (Å²) in [6, 6.07) is 15.4. The molecule has 2 aromatic carbocycles. The Morgan fingerprint density at radius 3 is 1.85 bits per heavy atom. The SMILES string of the molecule is CC.CC.CC.Cc1ccc2c(c1)Cc1ccccc1-2. The molecule has 0 saturated carbocycles. The Bertz CT molecular complexity index is 495. The zero-order valence-corrected chi connectivity index (χ0v) is 14.2. The van der Waals surface area contributed by atoms with E-state index < -0.39 is 0 Å². The van der Waals surface area contributed by atoms with Crippen molar-refractivity contribution in [3.05, 3.63) is 59.2 Å². The summed E-state index contributed by atoms with van der Waals surface area (Å²) in [4.78, 5) is 0. The van der Waals surface area contributed by atoms with Crippen molar-refractivity contribution in [2.24, 2.45) is 0 Å². The summed E-state index contributed by atoms with van der Waals surface area (Å²) in [5.41, 5.74) is 7.14. The minimum absolute atomic E-state index is 1.10. The molecule has 0 bridgehead atoms. The van der Waals surface area contributed by atoms with Crippen LogP contribution in [0.4, 0.5) is 0 Å². The van der Waals surface area contributed by atoms with E-state index in [1.807, 2.05) is 41.5 Å². The smallest absolute Gasteiger partial charge is 0.00134 e. The molecule has 0 N–H and O–H groups in total. The monoisotopic (exact) mass is 270 g/mol. The van der Waals surface area contributed by atoms with Gasteiger partial charge in [0.25, 0.3) is 0 Å². The molecule has 0 heterocycles. The molecule has 0 fully saturated rings. The van der Waals surface area contributed by atoms with Gasteiger partial charge in [0, 0.05) is 0 Å². The summed E-state index contributed by atoms with van der Waals surface area (Å²) < 4.78 is 0. The number of rotatable bonds is 0. The predicted octanol–water partition coefficient (Wildman–Crippen LogP) is 6.64. The Labute approximate surface area is 125 Å². The fraction of sp³-hybridized carbons (Fsp3) is 0.400. The minimum Gasteiger partial charge on any atom is -0.0683 e. The first-order valence-corrected chi connectivity index (χ1v) is 8.02. The quantitative estimate of drug-likeness (QED) is 0.429. The first-order valence-electron chi connectivity index (χ1n) is 8.02. The van der Waals surface area contributed by atoms with Crippen LogP contribution in [0.25, 0.3) is 11.1 Å². The standard InChI is InChI=1S/C14H12.3C2H6/c1-10-6-7-14-12(8-10)9-11-4-2-3-5-13(11)14;3*1-2/h2-8H,9H2,1H3;3*1-2H3. The van der Waals surface area contributed by atoms with Gasteiger partial charge in [-0.15, -0.1) is 0 Å². The maximum Gasteiger partial charge on any atom is -0.00134 e. The second kappa shape index (κ2) is 10.3. The molecule has 0 aromatic heterocycles. The van der Waals surface area contributed by atoms with Crippen molar-refractivity contribution in [1.29, 1.82) is 0 Å². The van der Waals surface area contributed by atoms with Crippen molar-refractivity contribution in [2.45, 2.75) is 54.9 Å². The normalized spacial score (nSPS) is 9.55. The van der Waals surface area contributed by atoms with Gasteiger partial charge in [-0.2, -0.15) is 0 Å². The van der Waals surface area contributed by atoms with Crippen LogP contribution in [0.2, 0.25) is 0 Å². The summed E-state index contributed by atoms with van der Waals surface area (Å²) in [5, 5.41) is 0. The fourth-order valence-corrected chi connectivity index (χ4v) is 2.27. The second-order valence-corrected chi connectivity index (χ2v) is 3.99. The number of hydrogen-bond acceptors (Lipinski definition) is 0. The molecule has 0 radical (unpaired) electrons. The molecular formula is C20H30. The molecule has 110 valence electrons. The van der Waals surface area contributed by atoms with Crippen LogP contribution in [0.3, 0.4) is 0 Å². The number of fused-ring (bicyclic) bond motifs is 3. The Balaban J connectivity index is 0.000000538. The van der Waals surface area contributed by atoms with Gasteiger partial charge in [-0.25, -0.2) is 0 Å². The zero-order valence-electron chi connectivity index (χ0n) is 14.2. The molecule has 0 heteroatoms. The van der Waals surface area contributed by atoms with Crippen molar-refractivity contribution < 1.29 is 0 Å². The highest BCUT2D eigenvalue weighted by atomic mass is 14.2. The van der Waals surface area contributed by atoms with Crippen LogP contribution in [0.15, 0.2) is 42.5 Å². The van der Waals surface area contributed by atoms with Crippen molar-refractivity contribution in [1.82, 2.24) is 0 Å². The third-order valence-electron chi connectivity index (χ3n) is 2.95. The first-order chi connectivity index (χ1) is 9.84. The van der Waals surface area contributed by atoms with E-state index in [2.05, 4.69) is 49.4 Å². The summed E-state index contributed by atoms with van der Waals surface area (Å²) >= 11 is 0. The Hall–Kier alpha value is -1.56. The van der Waals surface area contributed by atoms with Gasteiger partial charge in [-0.05, 0) is 35.6 Å². The molecule has 2 aromatic rings. The molecule has 0 spiro atoms. The first kappa shape index (κ1) is 18.4.